The Morgan fingerprint density at radius 3 is 2.50 bits per heavy atom. The van der Waals surface area contributed by atoms with Crippen molar-refractivity contribution in [2.75, 3.05) is 26.9 Å². The first kappa shape index (κ1) is 23.6. The fraction of sp³-hybridized carbons (Fsp3) is 0.364. The number of nitrogens with one attached hydrogen (secondary N) is 2. The number of esters is 1. The van der Waals surface area contributed by atoms with Crippen molar-refractivity contribution in [3.05, 3.63) is 54.1 Å². The number of hydrogen-bond acceptors (Lipinski definition) is 7. The van der Waals surface area contributed by atoms with Gasteiger partial charge in [-0.25, -0.2) is 13.1 Å². The maximum Gasteiger partial charge on any atom is 0.307 e. The smallest absolute Gasteiger partial charge is 0.307 e. The Morgan fingerprint density at radius 1 is 1.06 bits per heavy atom. The summed E-state index contributed by atoms with van der Waals surface area (Å²) < 4.78 is 43.4. The molecule has 1 aliphatic rings. The van der Waals surface area contributed by atoms with E-state index in [9.17, 15) is 18.0 Å². The number of carbonyl (C=O) groups excluding carboxylic acids is 2. The molecule has 0 saturated heterocycles. The van der Waals surface area contributed by atoms with Gasteiger partial charge in [0.2, 0.25) is 15.9 Å². The van der Waals surface area contributed by atoms with Gasteiger partial charge in [0.1, 0.15) is 0 Å². The van der Waals surface area contributed by atoms with Crippen LogP contribution in [-0.4, -0.2) is 47.2 Å². The van der Waals surface area contributed by atoms with Gasteiger partial charge in [0.05, 0.1) is 37.7 Å². The lowest BCUT2D eigenvalue weighted by Gasteiger charge is -2.18. The molecule has 10 heteroatoms. The van der Waals surface area contributed by atoms with Gasteiger partial charge in [-0.2, -0.15) is 0 Å². The molecule has 1 atom stereocenters. The SMILES string of the molecule is COC(=O)CC(NC(=O)CCNS(=O)(=O)c1ccc2c(c1)OCCCO2)c1ccccc1. The topological polar surface area (TPSA) is 120 Å². The number of benzene rings is 2. The van der Waals surface area contributed by atoms with Gasteiger partial charge in [0.15, 0.2) is 11.5 Å². The number of carbonyl (C=O) groups is 2. The molecule has 1 unspecified atom stereocenters. The van der Waals surface area contributed by atoms with Crippen LogP contribution in [0, 0.1) is 0 Å². The van der Waals surface area contributed by atoms with Gasteiger partial charge in [0, 0.05) is 25.5 Å². The van der Waals surface area contributed by atoms with Crippen molar-refractivity contribution in [1.82, 2.24) is 10.0 Å². The second-order valence-corrected chi connectivity index (χ2v) is 8.88. The minimum Gasteiger partial charge on any atom is -0.490 e. The molecule has 0 saturated carbocycles. The summed E-state index contributed by atoms with van der Waals surface area (Å²) in [5, 5.41) is 2.76. The van der Waals surface area contributed by atoms with E-state index in [1.54, 1.807) is 30.3 Å². The first-order valence-corrected chi connectivity index (χ1v) is 11.7. The van der Waals surface area contributed by atoms with E-state index in [4.69, 9.17) is 14.2 Å². The summed E-state index contributed by atoms with van der Waals surface area (Å²) in [6.45, 7) is 0.840. The molecule has 3 rings (SSSR count). The zero-order valence-electron chi connectivity index (χ0n) is 17.7. The van der Waals surface area contributed by atoms with Gasteiger partial charge in [-0.3, -0.25) is 9.59 Å². The number of methoxy groups -OCH3 is 1. The van der Waals surface area contributed by atoms with Gasteiger partial charge in [0.25, 0.3) is 0 Å². The second-order valence-electron chi connectivity index (χ2n) is 7.12. The number of rotatable bonds is 9. The highest BCUT2D eigenvalue weighted by atomic mass is 32.2. The molecule has 9 nitrogen and oxygen atoms in total. The minimum absolute atomic E-state index is 0.0232. The standard InChI is InChI=1S/C22H26N2O7S/c1-29-22(26)15-18(16-6-3-2-4-7-16)24-21(25)10-11-23-32(27,28)17-8-9-19-20(14-17)31-13-5-12-30-19/h2-4,6-9,14,18,23H,5,10-13,15H2,1H3,(H,24,25). The van der Waals surface area contributed by atoms with E-state index < -0.39 is 27.9 Å². The van der Waals surface area contributed by atoms with Crippen molar-refractivity contribution < 1.29 is 32.2 Å². The summed E-state index contributed by atoms with van der Waals surface area (Å²) in [4.78, 5) is 24.2. The number of sulfonamides is 1. The second kappa shape index (κ2) is 11.0. The quantitative estimate of drug-likeness (QED) is 0.547. The zero-order chi connectivity index (χ0) is 23.0. The van der Waals surface area contributed by atoms with Crippen LogP contribution < -0.4 is 19.5 Å². The zero-order valence-corrected chi connectivity index (χ0v) is 18.5. The van der Waals surface area contributed by atoms with E-state index in [1.165, 1.54) is 19.2 Å². The van der Waals surface area contributed by atoms with Crippen molar-refractivity contribution in [3.63, 3.8) is 0 Å². The molecular formula is C22H26N2O7S. The van der Waals surface area contributed by atoms with Gasteiger partial charge in [-0.1, -0.05) is 30.3 Å². The first-order chi connectivity index (χ1) is 15.4. The maximum absolute atomic E-state index is 12.6. The van der Waals surface area contributed by atoms with Crippen LogP contribution in [-0.2, 0) is 24.3 Å². The van der Waals surface area contributed by atoms with Crippen molar-refractivity contribution in [2.24, 2.45) is 0 Å². The molecule has 1 heterocycles. The summed E-state index contributed by atoms with van der Waals surface area (Å²) in [5.41, 5.74) is 0.749. The van der Waals surface area contributed by atoms with Gasteiger partial charge in [-0.05, 0) is 17.7 Å². The molecule has 0 radical (unpaired) electrons. The molecule has 0 spiro atoms. The fourth-order valence-corrected chi connectivity index (χ4v) is 4.19. The fourth-order valence-electron chi connectivity index (χ4n) is 3.15. The number of hydrogen-bond donors (Lipinski definition) is 2. The monoisotopic (exact) mass is 462 g/mol. The van der Waals surface area contributed by atoms with E-state index in [2.05, 4.69) is 10.0 Å². The Morgan fingerprint density at radius 2 is 1.78 bits per heavy atom. The average Bonchev–Trinajstić information content (AvgIpc) is 3.04. The van der Waals surface area contributed by atoms with E-state index in [1.807, 2.05) is 6.07 Å². The van der Waals surface area contributed by atoms with Gasteiger partial charge < -0.3 is 19.5 Å². The lowest BCUT2D eigenvalue weighted by atomic mass is 10.0. The third-order valence-electron chi connectivity index (χ3n) is 4.81. The van der Waals surface area contributed by atoms with Crippen molar-refractivity contribution in [2.45, 2.75) is 30.2 Å². The summed E-state index contributed by atoms with van der Waals surface area (Å²) in [6.07, 6.45) is 0.577. The Labute approximate surface area is 187 Å². The number of fused-ring (bicyclic) bond motifs is 1. The normalized spacial score (nSPS) is 14.2. The number of ether oxygens (including phenoxy) is 3. The lowest BCUT2D eigenvalue weighted by molar-refractivity contribution is -0.141. The van der Waals surface area contributed by atoms with E-state index >= 15 is 0 Å². The predicted octanol–water partition coefficient (Wildman–Crippen LogP) is 1.94. The number of amides is 1. The first-order valence-electron chi connectivity index (χ1n) is 10.2. The third kappa shape index (κ3) is 6.44. The van der Waals surface area contributed by atoms with E-state index in [0.717, 1.165) is 5.56 Å². The molecule has 2 N–H and O–H groups in total. The Hall–Kier alpha value is -3.11. The largest absolute Gasteiger partial charge is 0.490 e. The van der Waals surface area contributed by atoms with Crippen LogP contribution in [0.2, 0.25) is 0 Å². The minimum atomic E-state index is -3.84. The van der Waals surface area contributed by atoms with Gasteiger partial charge >= 0.3 is 5.97 Å². The Balaban J connectivity index is 1.58. The highest BCUT2D eigenvalue weighted by molar-refractivity contribution is 7.89. The molecule has 2 aromatic rings. The molecule has 1 aliphatic heterocycles. The van der Waals surface area contributed by atoms with Crippen LogP contribution >= 0.6 is 0 Å². The summed E-state index contributed by atoms with van der Waals surface area (Å²) in [6, 6.07) is 12.8. The molecule has 0 bridgehead atoms. The molecule has 2 aromatic carbocycles. The van der Waals surface area contributed by atoms with Gasteiger partial charge in [-0.15, -0.1) is 0 Å². The Bertz CT molecular complexity index is 1040. The Kier molecular flexibility index (Phi) is 8.07. The van der Waals surface area contributed by atoms with Crippen LogP contribution in [0.4, 0.5) is 0 Å². The molecule has 32 heavy (non-hydrogen) atoms. The lowest BCUT2D eigenvalue weighted by Crippen LogP contribution is -2.34. The van der Waals surface area contributed by atoms with Crippen LogP contribution in [0.1, 0.15) is 30.9 Å². The summed E-state index contributed by atoms with van der Waals surface area (Å²) in [5.74, 6) is 0.00778. The molecule has 0 aliphatic carbocycles. The molecule has 0 fully saturated rings. The van der Waals surface area contributed by atoms with E-state index in [0.29, 0.717) is 31.1 Å². The van der Waals surface area contributed by atoms with Crippen LogP contribution in [0.25, 0.3) is 0 Å². The van der Waals surface area contributed by atoms with Crippen molar-refractivity contribution in [3.8, 4) is 11.5 Å². The highest BCUT2D eigenvalue weighted by Crippen LogP contribution is 2.31. The molecule has 1 amide bonds. The van der Waals surface area contributed by atoms with E-state index in [-0.39, 0.29) is 24.3 Å². The summed E-state index contributed by atoms with van der Waals surface area (Å²) >= 11 is 0. The third-order valence-corrected chi connectivity index (χ3v) is 6.27. The highest BCUT2D eigenvalue weighted by Gasteiger charge is 2.21. The summed E-state index contributed by atoms with van der Waals surface area (Å²) in [7, 11) is -2.57. The van der Waals surface area contributed by atoms with Crippen LogP contribution in [0.5, 0.6) is 11.5 Å². The predicted molar refractivity (Wildman–Crippen MR) is 116 cm³/mol. The van der Waals surface area contributed by atoms with Crippen molar-refractivity contribution in [1.29, 1.82) is 0 Å². The van der Waals surface area contributed by atoms with Crippen LogP contribution in [0.15, 0.2) is 53.4 Å². The maximum atomic E-state index is 12.6. The van der Waals surface area contributed by atoms with Crippen molar-refractivity contribution >= 4 is 21.9 Å². The van der Waals surface area contributed by atoms with Crippen LogP contribution in [0.3, 0.4) is 0 Å². The molecule has 172 valence electrons. The average molecular weight is 463 g/mol. The molecule has 0 aromatic heterocycles. The molecular weight excluding hydrogens is 436 g/mol.